The van der Waals surface area contributed by atoms with Gasteiger partial charge in [0.1, 0.15) is 5.82 Å². The van der Waals surface area contributed by atoms with E-state index in [0.29, 0.717) is 17.1 Å². The van der Waals surface area contributed by atoms with E-state index in [1.165, 1.54) is 11.3 Å². The predicted octanol–water partition coefficient (Wildman–Crippen LogP) is 2.91. The lowest BCUT2D eigenvalue weighted by Crippen LogP contribution is -2.34. The van der Waals surface area contributed by atoms with E-state index in [1.807, 2.05) is 32.0 Å². The van der Waals surface area contributed by atoms with Gasteiger partial charge in [0, 0.05) is 34.9 Å². The number of aromatic nitrogens is 2. The molecule has 0 atom stereocenters. The lowest BCUT2D eigenvalue weighted by Gasteiger charge is -2.17. The summed E-state index contributed by atoms with van der Waals surface area (Å²) in [6, 6.07) is 7.31. The Labute approximate surface area is 166 Å². The number of anilines is 2. The van der Waals surface area contributed by atoms with Gasteiger partial charge in [-0.05, 0) is 43.5 Å². The summed E-state index contributed by atoms with van der Waals surface area (Å²) in [5.41, 5.74) is 6.23. The van der Waals surface area contributed by atoms with E-state index in [1.54, 1.807) is 23.9 Å². The standard InChI is InChI=1S/C18H21N5O2S2/c1-18(2,26)9-20-16(24)13-7-10-6-11(4-5-12(10)27-13)21-17(25)15-22-14(19)8-23(15)3/h4-8,26H,9,19H2,1-3H3,(H,20,24)(H,21,25). The number of amides is 2. The Kier molecular flexibility index (Phi) is 5.16. The second-order valence-electron chi connectivity index (χ2n) is 6.91. The minimum absolute atomic E-state index is 0.132. The van der Waals surface area contributed by atoms with Crippen molar-refractivity contribution in [1.29, 1.82) is 0 Å². The Morgan fingerprint density at radius 1 is 1.30 bits per heavy atom. The Morgan fingerprint density at radius 3 is 2.67 bits per heavy atom. The highest BCUT2D eigenvalue weighted by molar-refractivity contribution is 7.81. The molecule has 0 fully saturated rings. The van der Waals surface area contributed by atoms with E-state index in [-0.39, 0.29) is 28.2 Å². The Morgan fingerprint density at radius 2 is 2.04 bits per heavy atom. The van der Waals surface area contributed by atoms with Crippen molar-refractivity contribution >= 4 is 57.4 Å². The van der Waals surface area contributed by atoms with Crippen molar-refractivity contribution in [3.8, 4) is 0 Å². The van der Waals surface area contributed by atoms with Crippen LogP contribution in [0.2, 0.25) is 0 Å². The van der Waals surface area contributed by atoms with Crippen LogP contribution in [-0.4, -0.2) is 32.7 Å². The SMILES string of the molecule is Cn1cc(N)nc1C(=O)Nc1ccc2sc(C(=O)NCC(C)(C)S)cc2c1. The molecule has 0 aliphatic carbocycles. The van der Waals surface area contributed by atoms with E-state index in [9.17, 15) is 9.59 Å². The van der Waals surface area contributed by atoms with Gasteiger partial charge in [-0.15, -0.1) is 11.3 Å². The van der Waals surface area contributed by atoms with Crippen LogP contribution in [-0.2, 0) is 7.05 Å². The predicted molar refractivity (Wildman–Crippen MR) is 113 cm³/mol. The highest BCUT2D eigenvalue weighted by Crippen LogP contribution is 2.28. The molecule has 3 aromatic rings. The van der Waals surface area contributed by atoms with Crippen molar-refractivity contribution in [1.82, 2.24) is 14.9 Å². The average Bonchev–Trinajstić information content (AvgIpc) is 3.14. The Balaban J connectivity index is 1.76. The molecule has 142 valence electrons. The molecule has 2 amide bonds. The third-order valence-electron chi connectivity index (χ3n) is 3.78. The summed E-state index contributed by atoms with van der Waals surface area (Å²) in [7, 11) is 1.71. The molecule has 7 nitrogen and oxygen atoms in total. The normalized spacial score (nSPS) is 11.6. The van der Waals surface area contributed by atoms with Crippen LogP contribution in [0, 0.1) is 0 Å². The third-order valence-corrected chi connectivity index (χ3v) is 5.05. The zero-order valence-corrected chi connectivity index (χ0v) is 16.9. The molecule has 3 rings (SSSR count). The fraction of sp³-hybridized carbons (Fsp3) is 0.278. The topological polar surface area (TPSA) is 102 Å². The van der Waals surface area contributed by atoms with Gasteiger partial charge in [0.05, 0.1) is 4.88 Å². The molecule has 0 aliphatic heterocycles. The Bertz CT molecular complexity index is 1020. The number of nitrogens with two attached hydrogens (primary N) is 1. The second kappa shape index (κ2) is 7.24. The van der Waals surface area contributed by atoms with Crippen molar-refractivity contribution < 1.29 is 9.59 Å². The van der Waals surface area contributed by atoms with Gasteiger partial charge < -0.3 is 20.9 Å². The van der Waals surface area contributed by atoms with Crippen molar-refractivity contribution in [2.24, 2.45) is 7.05 Å². The van der Waals surface area contributed by atoms with E-state index in [2.05, 4.69) is 28.2 Å². The fourth-order valence-electron chi connectivity index (χ4n) is 2.50. The van der Waals surface area contributed by atoms with Crippen molar-refractivity contribution in [2.75, 3.05) is 17.6 Å². The molecular formula is C18H21N5O2S2. The maximum absolute atomic E-state index is 12.4. The van der Waals surface area contributed by atoms with Gasteiger partial charge >= 0.3 is 0 Å². The van der Waals surface area contributed by atoms with Crippen LogP contribution in [0.25, 0.3) is 10.1 Å². The number of imidazole rings is 1. The molecule has 0 bridgehead atoms. The number of fused-ring (bicyclic) bond motifs is 1. The first-order chi connectivity index (χ1) is 12.6. The third kappa shape index (κ3) is 4.61. The molecular weight excluding hydrogens is 382 g/mol. The van der Waals surface area contributed by atoms with Crippen LogP contribution in [0.3, 0.4) is 0 Å². The molecule has 2 heterocycles. The minimum atomic E-state index is -0.349. The first kappa shape index (κ1) is 19.2. The number of aryl methyl sites for hydroxylation is 1. The van der Waals surface area contributed by atoms with Gasteiger partial charge in [0.25, 0.3) is 11.8 Å². The number of nitrogens with one attached hydrogen (secondary N) is 2. The first-order valence-corrected chi connectivity index (χ1v) is 9.53. The molecule has 0 saturated heterocycles. The van der Waals surface area contributed by atoms with Crippen LogP contribution < -0.4 is 16.4 Å². The van der Waals surface area contributed by atoms with Gasteiger partial charge in [0.15, 0.2) is 0 Å². The number of nitrogens with zero attached hydrogens (tertiary/aromatic N) is 2. The number of nitrogen functional groups attached to an aromatic ring is 1. The molecule has 4 N–H and O–H groups in total. The highest BCUT2D eigenvalue weighted by atomic mass is 32.1. The summed E-state index contributed by atoms with van der Waals surface area (Å²) >= 11 is 5.81. The zero-order chi connectivity index (χ0) is 19.8. The maximum atomic E-state index is 12.4. The van der Waals surface area contributed by atoms with Crippen molar-refractivity contribution in [3.63, 3.8) is 0 Å². The highest BCUT2D eigenvalue weighted by Gasteiger charge is 2.17. The summed E-state index contributed by atoms with van der Waals surface area (Å²) in [6.07, 6.45) is 1.58. The van der Waals surface area contributed by atoms with Gasteiger partial charge in [0.2, 0.25) is 5.82 Å². The quantitative estimate of drug-likeness (QED) is 0.492. The maximum Gasteiger partial charge on any atom is 0.291 e. The van der Waals surface area contributed by atoms with Crippen molar-refractivity contribution in [3.05, 3.63) is 41.2 Å². The van der Waals surface area contributed by atoms with E-state index in [4.69, 9.17) is 5.73 Å². The second-order valence-corrected chi connectivity index (χ2v) is 9.21. The number of benzene rings is 1. The molecule has 0 unspecified atom stereocenters. The zero-order valence-electron chi connectivity index (χ0n) is 15.2. The summed E-state index contributed by atoms with van der Waals surface area (Å²) in [5.74, 6) is 0.0356. The van der Waals surface area contributed by atoms with Crippen LogP contribution in [0.15, 0.2) is 30.5 Å². The molecule has 0 saturated carbocycles. The van der Waals surface area contributed by atoms with Gasteiger partial charge in [-0.2, -0.15) is 12.6 Å². The molecule has 9 heteroatoms. The van der Waals surface area contributed by atoms with Crippen LogP contribution in [0.4, 0.5) is 11.5 Å². The molecule has 0 spiro atoms. The van der Waals surface area contributed by atoms with Gasteiger partial charge in [-0.3, -0.25) is 9.59 Å². The van der Waals surface area contributed by atoms with E-state index < -0.39 is 0 Å². The molecule has 27 heavy (non-hydrogen) atoms. The summed E-state index contributed by atoms with van der Waals surface area (Å²) < 4.78 is 2.25. The number of rotatable bonds is 5. The van der Waals surface area contributed by atoms with E-state index >= 15 is 0 Å². The van der Waals surface area contributed by atoms with Crippen LogP contribution in [0.1, 0.15) is 34.1 Å². The number of carbonyl (C=O) groups is 2. The monoisotopic (exact) mass is 403 g/mol. The number of thiophene rings is 1. The van der Waals surface area contributed by atoms with Crippen LogP contribution in [0.5, 0.6) is 0 Å². The average molecular weight is 404 g/mol. The van der Waals surface area contributed by atoms with Crippen molar-refractivity contribution in [2.45, 2.75) is 18.6 Å². The van der Waals surface area contributed by atoms with Crippen LogP contribution >= 0.6 is 24.0 Å². The summed E-state index contributed by atoms with van der Waals surface area (Å²) in [4.78, 5) is 29.3. The Hall–Kier alpha value is -2.52. The largest absolute Gasteiger partial charge is 0.382 e. The lowest BCUT2D eigenvalue weighted by atomic mass is 10.2. The molecule has 0 radical (unpaired) electrons. The lowest BCUT2D eigenvalue weighted by molar-refractivity contribution is 0.0954. The minimum Gasteiger partial charge on any atom is -0.382 e. The smallest absolute Gasteiger partial charge is 0.291 e. The number of thiol groups is 1. The molecule has 0 aliphatic rings. The van der Waals surface area contributed by atoms with E-state index in [0.717, 1.165) is 10.1 Å². The molecule has 1 aromatic carbocycles. The number of hydrogen-bond acceptors (Lipinski definition) is 6. The van der Waals surface area contributed by atoms with Gasteiger partial charge in [-0.25, -0.2) is 4.98 Å². The number of hydrogen-bond donors (Lipinski definition) is 4. The van der Waals surface area contributed by atoms with Gasteiger partial charge in [-0.1, -0.05) is 0 Å². The first-order valence-electron chi connectivity index (χ1n) is 8.27. The molecule has 2 aromatic heterocycles. The fourth-order valence-corrected chi connectivity index (χ4v) is 3.54. The number of carbonyl (C=O) groups excluding carboxylic acids is 2. The summed E-state index contributed by atoms with van der Waals surface area (Å²) in [5, 5.41) is 6.57. The summed E-state index contributed by atoms with van der Waals surface area (Å²) in [6.45, 7) is 4.34.